The van der Waals surface area contributed by atoms with Gasteiger partial charge in [0.05, 0.1) is 0 Å². The molecule has 0 amide bonds. The lowest BCUT2D eigenvalue weighted by Crippen LogP contribution is -2.21. The summed E-state index contributed by atoms with van der Waals surface area (Å²) in [5, 5.41) is 3.22. The van der Waals surface area contributed by atoms with Crippen LogP contribution in [0.3, 0.4) is 0 Å². The van der Waals surface area contributed by atoms with Crippen LogP contribution in [0.1, 0.15) is 6.92 Å². The Morgan fingerprint density at radius 2 is 2.45 bits per heavy atom. The molecule has 1 N–H and O–H groups in total. The van der Waals surface area contributed by atoms with E-state index >= 15 is 0 Å². The van der Waals surface area contributed by atoms with Crippen LogP contribution < -0.4 is 5.32 Å². The number of hydrogen-bond donors (Lipinski definition) is 1. The highest BCUT2D eigenvalue weighted by molar-refractivity contribution is 8.03. The summed E-state index contributed by atoms with van der Waals surface area (Å²) in [5.41, 5.74) is 1.05. The van der Waals surface area contributed by atoms with E-state index in [1.807, 2.05) is 30.8 Å². The highest BCUT2D eigenvalue weighted by atomic mass is 32.2. The standard InChI is InChI=1S/C9H13NS/c1-3-4-5-9-8(2)10-6-7-11-9/h3-5,10H,2,6-7H2,1H3/b4-3-,9-5+. The van der Waals surface area contributed by atoms with E-state index in [1.165, 1.54) is 4.91 Å². The summed E-state index contributed by atoms with van der Waals surface area (Å²) >= 11 is 1.86. The molecule has 60 valence electrons. The number of thioether (sulfide) groups is 1. The van der Waals surface area contributed by atoms with Gasteiger partial charge in [-0.2, -0.15) is 0 Å². The molecule has 1 rings (SSSR count). The van der Waals surface area contributed by atoms with Gasteiger partial charge in [-0.25, -0.2) is 0 Å². The van der Waals surface area contributed by atoms with Crippen LogP contribution in [0.5, 0.6) is 0 Å². The van der Waals surface area contributed by atoms with E-state index in [1.54, 1.807) is 0 Å². The van der Waals surface area contributed by atoms with Gasteiger partial charge >= 0.3 is 0 Å². The molecule has 1 nitrogen and oxygen atoms in total. The molecule has 0 atom stereocenters. The molecule has 0 bridgehead atoms. The second-order valence-corrected chi connectivity index (χ2v) is 3.45. The van der Waals surface area contributed by atoms with E-state index in [2.05, 4.69) is 18.0 Å². The number of allylic oxidation sites excluding steroid dienone is 3. The molecule has 11 heavy (non-hydrogen) atoms. The third-order valence-electron chi connectivity index (χ3n) is 1.44. The SMILES string of the molecule is C=C1NCCS/C1=C/C=C\C. The van der Waals surface area contributed by atoms with Crippen molar-refractivity contribution in [3.63, 3.8) is 0 Å². The Kier molecular flexibility index (Phi) is 3.30. The zero-order valence-electron chi connectivity index (χ0n) is 6.76. The lowest BCUT2D eigenvalue weighted by atomic mass is 10.3. The van der Waals surface area contributed by atoms with E-state index in [9.17, 15) is 0 Å². The maximum atomic E-state index is 3.91. The Hall–Kier alpha value is -0.630. The normalized spacial score (nSPS) is 22.6. The van der Waals surface area contributed by atoms with Crippen molar-refractivity contribution in [3.8, 4) is 0 Å². The Morgan fingerprint density at radius 3 is 3.09 bits per heavy atom. The third kappa shape index (κ3) is 2.46. The van der Waals surface area contributed by atoms with Gasteiger partial charge in [-0.1, -0.05) is 18.7 Å². The van der Waals surface area contributed by atoms with E-state index in [0.29, 0.717) is 0 Å². The molecule has 1 aliphatic rings. The molecule has 0 aromatic carbocycles. The van der Waals surface area contributed by atoms with Gasteiger partial charge in [0, 0.05) is 22.9 Å². The number of rotatable bonds is 1. The van der Waals surface area contributed by atoms with Gasteiger partial charge in [0.15, 0.2) is 0 Å². The van der Waals surface area contributed by atoms with Gasteiger partial charge in [0.1, 0.15) is 0 Å². The van der Waals surface area contributed by atoms with Crippen molar-refractivity contribution in [1.82, 2.24) is 5.32 Å². The maximum absolute atomic E-state index is 3.91. The van der Waals surface area contributed by atoms with E-state index in [-0.39, 0.29) is 0 Å². The number of hydrogen-bond acceptors (Lipinski definition) is 2. The predicted octanol–water partition coefficient (Wildman–Crippen LogP) is 2.30. The maximum Gasteiger partial charge on any atom is 0.0405 e. The molecule has 0 aromatic rings. The van der Waals surface area contributed by atoms with Crippen molar-refractivity contribution in [2.24, 2.45) is 0 Å². The lowest BCUT2D eigenvalue weighted by Gasteiger charge is -2.17. The fourth-order valence-electron chi connectivity index (χ4n) is 0.869. The van der Waals surface area contributed by atoms with Crippen LogP contribution in [0.4, 0.5) is 0 Å². The van der Waals surface area contributed by atoms with Crippen LogP contribution in [-0.2, 0) is 0 Å². The minimum atomic E-state index is 1.04. The largest absolute Gasteiger partial charge is 0.384 e. The molecule has 1 aliphatic heterocycles. The van der Waals surface area contributed by atoms with Gasteiger partial charge in [-0.15, -0.1) is 11.8 Å². The molecule has 0 saturated carbocycles. The van der Waals surface area contributed by atoms with Crippen molar-refractivity contribution in [1.29, 1.82) is 0 Å². The Bertz CT molecular complexity index is 204. The second-order valence-electron chi connectivity index (χ2n) is 2.31. The van der Waals surface area contributed by atoms with Crippen LogP contribution in [0, 0.1) is 0 Å². The topological polar surface area (TPSA) is 12.0 Å². The van der Waals surface area contributed by atoms with E-state index in [4.69, 9.17) is 0 Å². The van der Waals surface area contributed by atoms with Crippen molar-refractivity contribution in [2.75, 3.05) is 12.3 Å². The van der Waals surface area contributed by atoms with Gasteiger partial charge in [-0.3, -0.25) is 0 Å². The Labute approximate surface area is 72.3 Å². The molecule has 1 saturated heterocycles. The smallest absolute Gasteiger partial charge is 0.0405 e. The molecule has 2 heteroatoms. The van der Waals surface area contributed by atoms with E-state index < -0.39 is 0 Å². The molecule has 0 spiro atoms. The lowest BCUT2D eigenvalue weighted by molar-refractivity contribution is 0.875. The summed E-state index contributed by atoms with van der Waals surface area (Å²) in [6.07, 6.45) is 6.16. The predicted molar refractivity (Wildman–Crippen MR) is 52.5 cm³/mol. The molecule has 0 aliphatic carbocycles. The highest BCUT2D eigenvalue weighted by Gasteiger charge is 2.07. The molecule has 1 fully saturated rings. The van der Waals surface area contributed by atoms with Crippen LogP contribution in [0.2, 0.25) is 0 Å². The first-order valence-corrected chi connectivity index (χ1v) is 4.72. The highest BCUT2D eigenvalue weighted by Crippen LogP contribution is 2.24. The quantitative estimate of drug-likeness (QED) is 0.643. The van der Waals surface area contributed by atoms with Crippen molar-refractivity contribution >= 4 is 11.8 Å². The van der Waals surface area contributed by atoms with Crippen LogP contribution in [0.15, 0.2) is 35.4 Å². The summed E-state index contributed by atoms with van der Waals surface area (Å²) in [6.45, 7) is 6.97. The minimum Gasteiger partial charge on any atom is -0.384 e. The molecular weight excluding hydrogens is 154 g/mol. The van der Waals surface area contributed by atoms with Crippen molar-refractivity contribution in [2.45, 2.75) is 6.92 Å². The average molecular weight is 167 g/mol. The summed E-state index contributed by atoms with van der Waals surface area (Å²) in [4.78, 5) is 1.26. The van der Waals surface area contributed by atoms with Crippen molar-refractivity contribution < 1.29 is 0 Å². The zero-order valence-corrected chi connectivity index (χ0v) is 7.58. The molecular formula is C9H13NS. The first-order valence-electron chi connectivity index (χ1n) is 3.73. The molecule has 0 unspecified atom stereocenters. The van der Waals surface area contributed by atoms with Gasteiger partial charge in [-0.05, 0) is 13.0 Å². The Balaban J connectivity index is 2.61. The second kappa shape index (κ2) is 4.29. The summed E-state index contributed by atoms with van der Waals surface area (Å²) in [6, 6.07) is 0. The minimum absolute atomic E-state index is 1.04. The summed E-state index contributed by atoms with van der Waals surface area (Å²) in [7, 11) is 0. The molecule has 1 heterocycles. The van der Waals surface area contributed by atoms with Gasteiger partial charge < -0.3 is 5.32 Å². The first-order chi connectivity index (χ1) is 5.34. The fraction of sp³-hybridized carbons (Fsp3) is 0.333. The van der Waals surface area contributed by atoms with Crippen LogP contribution in [-0.4, -0.2) is 12.3 Å². The molecule has 0 radical (unpaired) electrons. The third-order valence-corrected chi connectivity index (χ3v) is 2.54. The van der Waals surface area contributed by atoms with E-state index in [0.717, 1.165) is 18.0 Å². The monoisotopic (exact) mass is 167 g/mol. The zero-order chi connectivity index (χ0) is 8.10. The van der Waals surface area contributed by atoms with Crippen LogP contribution in [0.25, 0.3) is 0 Å². The van der Waals surface area contributed by atoms with Gasteiger partial charge in [0.25, 0.3) is 0 Å². The first kappa shape index (κ1) is 8.47. The summed E-state index contributed by atoms with van der Waals surface area (Å²) < 4.78 is 0. The number of nitrogens with one attached hydrogen (secondary N) is 1. The van der Waals surface area contributed by atoms with Crippen molar-refractivity contribution in [3.05, 3.63) is 35.4 Å². The fourth-order valence-corrected chi connectivity index (χ4v) is 1.71. The molecule has 0 aromatic heterocycles. The van der Waals surface area contributed by atoms with Gasteiger partial charge in [0.2, 0.25) is 0 Å². The Morgan fingerprint density at radius 1 is 1.64 bits per heavy atom. The summed E-state index contributed by atoms with van der Waals surface area (Å²) in [5.74, 6) is 1.14. The van der Waals surface area contributed by atoms with Crippen LogP contribution >= 0.6 is 11.8 Å². The average Bonchev–Trinajstić information content (AvgIpc) is 2.03.